The quantitative estimate of drug-likeness (QED) is 0.134. The van der Waals surface area contributed by atoms with Crippen LogP contribution in [0.1, 0.15) is 183 Å². The normalized spacial score (nSPS) is 13.5. The fourth-order valence-corrected chi connectivity index (χ4v) is 10.3. The molecule has 1 aliphatic rings. The van der Waals surface area contributed by atoms with Crippen LogP contribution in [0.25, 0.3) is 66.8 Å². The number of aromatic nitrogens is 8. The Balaban J connectivity index is 0.000000193. The van der Waals surface area contributed by atoms with Crippen molar-refractivity contribution in [1.29, 1.82) is 0 Å². The highest BCUT2D eigenvalue weighted by Crippen LogP contribution is 2.42. The van der Waals surface area contributed by atoms with Crippen LogP contribution >= 0.6 is 0 Å². The van der Waals surface area contributed by atoms with Crippen LogP contribution in [-0.4, -0.2) is 29.9 Å². The lowest BCUT2D eigenvalue weighted by Crippen LogP contribution is -2.33. The van der Waals surface area contributed by atoms with E-state index in [4.69, 9.17) is 9.97 Å². The fraction of sp³-hybridized carbons (Fsp3) is 0.419. The second-order valence-corrected chi connectivity index (χ2v) is 22.4. The summed E-state index contributed by atoms with van der Waals surface area (Å²) in [6, 6.07) is 24.6. The van der Waals surface area contributed by atoms with Crippen LogP contribution in [-0.2, 0) is 19.5 Å². The smallest absolute Gasteiger partial charge is 0.217 e. The third-order valence-electron chi connectivity index (χ3n) is 14.3. The molecule has 0 spiro atoms. The Morgan fingerprint density at radius 2 is 0.875 bits per heavy atom. The Bertz CT molecular complexity index is 3210. The minimum Gasteiger partial charge on any atom is -0.217 e. The van der Waals surface area contributed by atoms with Crippen LogP contribution in [0.15, 0.2) is 85.2 Å². The molecule has 4 heterocycles. The largest absolute Gasteiger partial charge is 0.248 e. The summed E-state index contributed by atoms with van der Waals surface area (Å²) in [5.41, 5.74) is 9.02. The van der Waals surface area contributed by atoms with Crippen LogP contribution in [0.2, 0.25) is 0 Å². The Kier molecular flexibility index (Phi) is 15.1. The third kappa shape index (κ3) is 10.6. The predicted octanol–water partition coefficient (Wildman–Crippen LogP) is 15.1. The molecule has 0 aliphatic heterocycles. The van der Waals surface area contributed by atoms with Crippen molar-refractivity contribution in [3.05, 3.63) is 142 Å². The number of hydrogen-bond acceptors (Lipinski definition) is 6. The predicted molar refractivity (Wildman–Crippen MR) is 289 cm³/mol. The first-order chi connectivity index (χ1) is 34.1. The maximum absolute atomic E-state index is 16.1. The first kappa shape index (κ1) is 51.9. The Morgan fingerprint density at radius 3 is 1.26 bits per heavy atom. The maximum atomic E-state index is 16.1. The lowest BCUT2D eigenvalue weighted by molar-refractivity contribution is -0.661. The second-order valence-electron chi connectivity index (χ2n) is 22.4. The number of fused-ring (bicyclic) bond motifs is 2. The maximum Gasteiger partial charge on any atom is 0.248 e. The summed E-state index contributed by atoms with van der Waals surface area (Å²) in [5, 5.41) is 4.89. The second kappa shape index (κ2) is 21.0. The molecular weight excluding hydrogens is 895 g/mol. The molecule has 0 unspecified atom stereocenters. The molecule has 4 aromatic carbocycles. The van der Waals surface area contributed by atoms with Gasteiger partial charge < -0.3 is 0 Å². The van der Waals surface area contributed by atoms with E-state index < -0.39 is 0 Å². The van der Waals surface area contributed by atoms with Crippen LogP contribution in [0.4, 0.5) is 8.78 Å². The molecule has 374 valence electrons. The lowest BCUT2D eigenvalue weighted by Gasteiger charge is -2.25. The van der Waals surface area contributed by atoms with E-state index in [-0.39, 0.29) is 40.7 Å². The summed E-state index contributed by atoms with van der Waals surface area (Å²) in [6.45, 7) is 27.3. The number of hydrogen-bond donors (Lipinski definition) is 0. The molecule has 0 bridgehead atoms. The molecule has 0 N–H and O–H groups in total. The van der Waals surface area contributed by atoms with Crippen molar-refractivity contribution < 1.29 is 17.9 Å². The van der Waals surface area contributed by atoms with Crippen molar-refractivity contribution in [1.82, 2.24) is 29.9 Å². The van der Waals surface area contributed by atoms with Crippen molar-refractivity contribution in [3.8, 4) is 45.3 Å². The van der Waals surface area contributed by atoms with E-state index >= 15 is 8.78 Å². The number of benzene rings is 4. The van der Waals surface area contributed by atoms with E-state index in [0.29, 0.717) is 40.1 Å². The van der Waals surface area contributed by atoms with Gasteiger partial charge in [0.1, 0.15) is 37.4 Å². The minimum absolute atomic E-state index is 0.0809. The van der Waals surface area contributed by atoms with E-state index in [1.54, 1.807) is 12.1 Å². The van der Waals surface area contributed by atoms with Gasteiger partial charge in [-0.1, -0.05) is 144 Å². The highest BCUT2D eigenvalue weighted by molar-refractivity contribution is 5.95. The lowest BCUT2D eigenvalue weighted by atomic mass is 9.80. The Morgan fingerprint density at radius 1 is 0.500 bits per heavy atom. The van der Waals surface area contributed by atoms with Gasteiger partial charge in [0.2, 0.25) is 11.4 Å². The van der Waals surface area contributed by atoms with Gasteiger partial charge in [-0.3, -0.25) is 0 Å². The summed E-state index contributed by atoms with van der Waals surface area (Å²) in [7, 11) is 3.81. The van der Waals surface area contributed by atoms with Crippen molar-refractivity contribution >= 4 is 21.5 Å². The number of aryl methyl sites for hydroxylation is 4. The van der Waals surface area contributed by atoms with E-state index in [0.717, 1.165) is 50.9 Å². The average Bonchev–Trinajstić information content (AvgIpc) is 3.34. The summed E-state index contributed by atoms with van der Waals surface area (Å²) in [4.78, 5) is 28.0. The highest BCUT2D eigenvalue weighted by Gasteiger charge is 2.29. The molecule has 10 heteroatoms. The molecule has 1 saturated carbocycles. The molecule has 0 saturated heterocycles. The van der Waals surface area contributed by atoms with Gasteiger partial charge in [0, 0.05) is 23.7 Å². The Hall–Kier alpha value is -6.42. The molecule has 1 fully saturated rings. The average molecular weight is 969 g/mol. The molecule has 9 rings (SSSR count). The molecule has 0 atom stereocenters. The summed E-state index contributed by atoms with van der Waals surface area (Å²) < 4.78 is 35.7. The van der Waals surface area contributed by atoms with Gasteiger partial charge in [-0.25, -0.2) is 29.9 Å². The highest BCUT2D eigenvalue weighted by atomic mass is 19.1. The topological polar surface area (TPSA) is 85.1 Å². The monoisotopic (exact) mass is 969 g/mol. The van der Waals surface area contributed by atoms with Gasteiger partial charge in [0.25, 0.3) is 0 Å². The van der Waals surface area contributed by atoms with Gasteiger partial charge in [-0.2, -0.15) is 17.9 Å². The molecule has 8 nitrogen and oxygen atoms in total. The van der Waals surface area contributed by atoms with Gasteiger partial charge in [0.15, 0.2) is 35.7 Å². The summed E-state index contributed by atoms with van der Waals surface area (Å²) >= 11 is 0. The van der Waals surface area contributed by atoms with Crippen LogP contribution in [0, 0.1) is 25.5 Å². The van der Waals surface area contributed by atoms with Gasteiger partial charge >= 0.3 is 0 Å². The number of halogens is 2. The molecule has 0 amide bonds. The zero-order valence-electron chi connectivity index (χ0n) is 45.3. The van der Waals surface area contributed by atoms with Crippen molar-refractivity contribution in [2.24, 2.45) is 14.1 Å². The fourth-order valence-electron chi connectivity index (χ4n) is 10.3. The molecule has 4 aromatic heterocycles. The van der Waals surface area contributed by atoms with E-state index in [9.17, 15) is 0 Å². The SMILES string of the molecule is Cc1c(-c2c(F)cc(-c3nc(C(C)C)nc(C(C)C)n3)c[n+]2C)cc(C(C)(C)C)c2ccccc12.Cc1c(-c2c(F)cc(-c3nc(C(C)C)nc(C(C)C)n3)c[n+]2C)cc(C2CCCCC2)c2ccccc12. The van der Waals surface area contributed by atoms with Crippen LogP contribution < -0.4 is 9.13 Å². The number of rotatable bonds is 9. The zero-order valence-corrected chi connectivity index (χ0v) is 45.3. The molecule has 0 radical (unpaired) electrons. The molecule has 72 heavy (non-hydrogen) atoms. The van der Waals surface area contributed by atoms with Crippen molar-refractivity contribution in [3.63, 3.8) is 0 Å². The number of nitrogens with zero attached hydrogens (tertiary/aromatic N) is 8. The Labute approximate surface area is 426 Å². The summed E-state index contributed by atoms with van der Waals surface area (Å²) in [6.07, 6.45) is 10.1. The van der Waals surface area contributed by atoms with E-state index in [1.165, 1.54) is 59.4 Å². The number of pyridine rings is 2. The van der Waals surface area contributed by atoms with Gasteiger partial charge in [-0.15, -0.1) is 0 Å². The molecule has 1 aliphatic carbocycles. The zero-order chi connectivity index (χ0) is 51.9. The van der Waals surface area contributed by atoms with E-state index in [2.05, 4.69) is 165 Å². The molecular formula is C62H74F2N8+2. The van der Waals surface area contributed by atoms with Gasteiger partial charge in [-0.05, 0) is 106 Å². The molecule has 8 aromatic rings. The summed E-state index contributed by atoms with van der Waals surface area (Å²) in [5.74, 6) is 4.59. The minimum atomic E-state index is -0.291. The van der Waals surface area contributed by atoms with Crippen LogP contribution in [0.3, 0.4) is 0 Å². The van der Waals surface area contributed by atoms with Crippen LogP contribution in [0.5, 0.6) is 0 Å². The van der Waals surface area contributed by atoms with Crippen molar-refractivity contribution in [2.45, 2.75) is 157 Å². The van der Waals surface area contributed by atoms with Gasteiger partial charge in [0.05, 0.1) is 22.3 Å². The van der Waals surface area contributed by atoms with Crippen molar-refractivity contribution in [2.75, 3.05) is 0 Å². The first-order valence-corrected chi connectivity index (χ1v) is 26.1. The van der Waals surface area contributed by atoms with E-state index in [1.807, 2.05) is 41.7 Å². The third-order valence-corrected chi connectivity index (χ3v) is 14.3. The first-order valence-electron chi connectivity index (χ1n) is 26.1. The standard InChI is InChI=1S/C32H38FN4.C30H36FN4/c1-19(2)30-34-31(20(3)4)36-32(35-30)23-16-28(33)29(37(6)18-23)26-17-27(22-12-8-7-9-13-22)25-15-11-10-14-24(25)21(26)5;1-17(2)27-32-28(18(3)4)34-29(33-27)20-14-25(31)26(35(9)16-20)23-15-24(30(6,7)8)22-13-11-10-12-21(22)19(23)5/h10-11,14-20,22H,7-9,12-13H2,1-6H3;10-18H,1-9H3/q2*+1.